The molecule has 0 saturated carbocycles. The van der Waals surface area contributed by atoms with Crippen molar-refractivity contribution in [3.63, 3.8) is 0 Å². The fourth-order valence-corrected chi connectivity index (χ4v) is 2.95. The monoisotopic (exact) mass is 308 g/mol. The summed E-state index contributed by atoms with van der Waals surface area (Å²) in [7, 11) is -0.454. The SMILES string of the molecule is C=CCC(NC(=O)N1CCC[C@H]1C)B1OC(C)(C)C(C)(C)O1. The molecule has 2 rings (SSSR count). The van der Waals surface area contributed by atoms with Crippen molar-refractivity contribution in [1.82, 2.24) is 10.2 Å². The van der Waals surface area contributed by atoms with Crippen LogP contribution >= 0.6 is 0 Å². The van der Waals surface area contributed by atoms with Gasteiger partial charge in [0, 0.05) is 12.6 Å². The van der Waals surface area contributed by atoms with Crippen molar-refractivity contribution < 1.29 is 14.1 Å². The van der Waals surface area contributed by atoms with E-state index in [2.05, 4.69) is 18.8 Å². The second-order valence-electron chi connectivity index (χ2n) is 7.39. The lowest BCUT2D eigenvalue weighted by molar-refractivity contribution is 0.00578. The second-order valence-corrected chi connectivity index (χ2v) is 7.39. The third-order valence-corrected chi connectivity index (χ3v) is 5.14. The van der Waals surface area contributed by atoms with Crippen molar-refractivity contribution in [3.05, 3.63) is 12.7 Å². The van der Waals surface area contributed by atoms with E-state index in [-0.39, 0.29) is 12.0 Å². The Morgan fingerprint density at radius 2 is 2.00 bits per heavy atom. The number of carbonyl (C=O) groups excluding carboxylic acids is 1. The summed E-state index contributed by atoms with van der Waals surface area (Å²) in [6.07, 6.45) is 4.54. The lowest BCUT2D eigenvalue weighted by atomic mass is 9.76. The number of nitrogens with zero attached hydrogens (tertiary/aromatic N) is 1. The van der Waals surface area contributed by atoms with Crippen molar-refractivity contribution in [2.24, 2.45) is 0 Å². The Hall–Kier alpha value is -1.01. The molecule has 2 atom stereocenters. The molecular weight excluding hydrogens is 279 g/mol. The molecule has 2 aliphatic rings. The Bertz CT molecular complexity index is 423. The van der Waals surface area contributed by atoms with E-state index in [0.717, 1.165) is 19.4 Å². The number of carbonyl (C=O) groups is 1. The van der Waals surface area contributed by atoms with Crippen molar-refractivity contribution >= 4 is 13.1 Å². The highest BCUT2D eigenvalue weighted by molar-refractivity contribution is 6.48. The Morgan fingerprint density at radius 1 is 1.41 bits per heavy atom. The zero-order valence-electron chi connectivity index (χ0n) is 14.5. The van der Waals surface area contributed by atoms with Crippen LogP contribution in [0.5, 0.6) is 0 Å². The van der Waals surface area contributed by atoms with Gasteiger partial charge in [-0.3, -0.25) is 0 Å². The maximum Gasteiger partial charge on any atom is 0.482 e. The van der Waals surface area contributed by atoms with Crippen molar-refractivity contribution in [2.45, 2.75) is 77.1 Å². The highest BCUT2D eigenvalue weighted by Crippen LogP contribution is 2.37. The van der Waals surface area contributed by atoms with Gasteiger partial charge in [0.2, 0.25) is 0 Å². The molecule has 124 valence electrons. The maximum atomic E-state index is 12.5. The van der Waals surface area contributed by atoms with Gasteiger partial charge in [-0.25, -0.2) is 4.79 Å². The largest absolute Gasteiger partial charge is 0.482 e. The average molecular weight is 308 g/mol. The molecule has 0 aromatic rings. The molecule has 2 heterocycles. The number of likely N-dealkylation sites (tertiary alicyclic amines) is 1. The topological polar surface area (TPSA) is 50.8 Å². The molecule has 22 heavy (non-hydrogen) atoms. The molecule has 0 aromatic carbocycles. The van der Waals surface area contributed by atoms with E-state index in [1.54, 1.807) is 6.08 Å². The summed E-state index contributed by atoms with van der Waals surface area (Å²) in [5, 5.41) is 3.07. The van der Waals surface area contributed by atoms with Gasteiger partial charge in [-0.05, 0) is 53.9 Å². The van der Waals surface area contributed by atoms with Crippen molar-refractivity contribution in [2.75, 3.05) is 6.54 Å². The first-order valence-corrected chi connectivity index (χ1v) is 8.21. The minimum atomic E-state index is -0.454. The molecular formula is C16H29BN2O3. The van der Waals surface area contributed by atoms with Gasteiger partial charge in [0.15, 0.2) is 0 Å². The van der Waals surface area contributed by atoms with Gasteiger partial charge in [-0.15, -0.1) is 6.58 Å². The number of hydrogen-bond acceptors (Lipinski definition) is 3. The molecule has 5 nitrogen and oxygen atoms in total. The molecule has 0 aromatic heterocycles. The molecule has 0 spiro atoms. The highest BCUT2D eigenvalue weighted by atomic mass is 16.7. The lowest BCUT2D eigenvalue weighted by Gasteiger charge is -2.32. The van der Waals surface area contributed by atoms with Gasteiger partial charge < -0.3 is 19.5 Å². The third-order valence-electron chi connectivity index (χ3n) is 5.14. The minimum absolute atomic E-state index is 0.0356. The quantitative estimate of drug-likeness (QED) is 0.642. The van der Waals surface area contributed by atoms with Gasteiger partial charge in [0.05, 0.1) is 17.1 Å². The van der Waals surface area contributed by atoms with Crippen LogP contribution in [0.15, 0.2) is 12.7 Å². The summed E-state index contributed by atoms with van der Waals surface area (Å²) in [4.78, 5) is 14.4. The van der Waals surface area contributed by atoms with E-state index in [4.69, 9.17) is 9.31 Å². The van der Waals surface area contributed by atoms with Crippen LogP contribution in [0.3, 0.4) is 0 Å². The van der Waals surface area contributed by atoms with Crippen LogP contribution in [0.25, 0.3) is 0 Å². The van der Waals surface area contributed by atoms with Crippen LogP contribution in [0.1, 0.15) is 53.9 Å². The smallest absolute Gasteiger partial charge is 0.402 e. The minimum Gasteiger partial charge on any atom is -0.402 e. The molecule has 0 bridgehead atoms. The number of amides is 2. The van der Waals surface area contributed by atoms with Crippen LogP contribution in [-0.2, 0) is 9.31 Å². The molecule has 6 heteroatoms. The molecule has 1 N–H and O–H groups in total. The summed E-state index contributed by atoms with van der Waals surface area (Å²) in [6, 6.07) is 0.259. The highest BCUT2D eigenvalue weighted by Gasteiger charge is 2.54. The lowest BCUT2D eigenvalue weighted by Crippen LogP contribution is -2.52. The third kappa shape index (κ3) is 3.33. The van der Waals surface area contributed by atoms with Gasteiger partial charge >= 0.3 is 13.1 Å². The molecule has 0 aliphatic carbocycles. The van der Waals surface area contributed by atoms with E-state index in [1.807, 2.05) is 32.6 Å². The van der Waals surface area contributed by atoms with Crippen LogP contribution in [0.4, 0.5) is 4.79 Å². The van der Waals surface area contributed by atoms with Crippen LogP contribution in [0.2, 0.25) is 0 Å². The zero-order valence-corrected chi connectivity index (χ0v) is 14.5. The van der Waals surface area contributed by atoms with Gasteiger partial charge in [-0.2, -0.15) is 0 Å². The van der Waals surface area contributed by atoms with Crippen LogP contribution in [-0.4, -0.2) is 47.8 Å². The number of nitrogens with one attached hydrogen (secondary N) is 1. The Kier molecular flexibility index (Phi) is 4.92. The molecule has 2 amide bonds. The van der Waals surface area contributed by atoms with E-state index in [1.165, 1.54) is 0 Å². The fraction of sp³-hybridized carbons (Fsp3) is 0.812. The molecule has 0 radical (unpaired) electrons. The Balaban J connectivity index is 2.04. The number of urea groups is 1. The fourth-order valence-electron chi connectivity index (χ4n) is 2.95. The standard InChI is InChI=1S/C16H29BN2O3/c1-7-9-13(17-21-15(3,4)16(5,6)22-17)18-14(20)19-11-8-10-12(19)2/h7,12-13H,1,8-11H2,2-6H3,(H,18,20)/t12-,13?/m1/s1. The first kappa shape index (κ1) is 17.4. The molecule has 2 aliphatic heterocycles. The van der Waals surface area contributed by atoms with Crippen LogP contribution < -0.4 is 5.32 Å². The summed E-state index contributed by atoms with van der Waals surface area (Å²) >= 11 is 0. The maximum absolute atomic E-state index is 12.5. The summed E-state index contributed by atoms with van der Waals surface area (Å²) < 4.78 is 12.1. The Labute approximate surface area is 134 Å². The van der Waals surface area contributed by atoms with Gasteiger partial charge in [-0.1, -0.05) is 6.08 Å². The van der Waals surface area contributed by atoms with E-state index >= 15 is 0 Å². The summed E-state index contributed by atoms with van der Waals surface area (Å²) in [5.41, 5.74) is -0.800. The average Bonchev–Trinajstić information content (AvgIpc) is 2.91. The first-order valence-electron chi connectivity index (χ1n) is 8.21. The van der Waals surface area contributed by atoms with E-state index in [9.17, 15) is 4.79 Å². The second kappa shape index (κ2) is 6.24. The van der Waals surface area contributed by atoms with E-state index < -0.39 is 18.3 Å². The predicted octanol–water partition coefficient (Wildman–Crippen LogP) is 2.76. The molecule has 2 saturated heterocycles. The number of hydrogen-bond donors (Lipinski definition) is 1. The van der Waals surface area contributed by atoms with Gasteiger partial charge in [0.25, 0.3) is 0 Å². The van der Waals surface area contributed by atoms with Crippen LogP contribution in [0, 0.1) is 0 Å². The normalized spacial score (nSPS) is 27.8. The Morgan fingerprint density at radius 3 is 2.45 bits per heavy atom. The van der Waals surface area contributed by atoms with Gasteiger partial charge in [0.1, 0.15) is 0 Å². The molecule has 1 unspecified atom stereocenters. The summed E-state index contributed by atoms with van der Waals surface area (Å²) in [5.74, 6) is -0.223. The predicted molar refractivity (Wildman–Crippen MR) is 88.6 cm³/mol. The number of rotatable bonds is 4. The zero-order chi connectivity index (χ0) is 16.5. The molecule has 2 fully saturated rings. The first-order chi connectivity index (χ1) is 10.2. The van der Waals surface area contributed by atoms with Crippen molar-refractivity contribution in [3.8, 4) is 0 Å². The van der Waals surface area contributed by atoms with E-state index in [0.29, 0.717) is 12.5 Å². The summed E-state index contributed by atoms with van der Waals surface area (Å²) in [6.45, 7) is 14.8. The van der Waals surface area contributed by atoms with Crippen molar-refractivity contribution in [1.29, 1.82) is 0 Å².